The quantitative estimate of drug-likeness (QED) is 0.363. The van der Waals surface area contributed by atoms with E-state index in [0.717, 1.165) is 11.2 Å². The molecule has 1 aliphatic rings. The average molecular weight is 440 g/mol. The maximum absolute atomic E-state index is 12.9. The second kappa shape index (κ2) is 7.44. The van der Waals surface area contributed by atoms with Gasteiger partial charge in [0, 0.05) is 11.6 Å². The van der Waals surface area contributed by atoms with Crippen LogP contribution in [0.4, 0.5) is 5.00 Å². The number of sulfone groups is 1. The number of fused-ring (bicyclic) bond motifs is 1. The predicted molar refractivity (Wildman–Crippen MR) is 103 cm³/mol. The highest BCUT2D eigenvalue weighted by atomic mass is 32.2. The van der Waals surface area contributed by atoms with E-state index < -0.39 is 43.4 Å². The number of carbonyl (C=O) groups excluding carboxylic acids is 2. The Labute approximate surface area is 169 Å². The van der Waals surface area contributed by atoms with Gasteiger partial charge < -0.3 is 9.47 Å². The zero-order valence-electron chi connectivity index (χ0n) is 15.6. The number of imide groups is 1. The Hall–Kier alpha value is -2.99. The van der Waals surface area contributed by atoms with Gasteiger partial charge >= 0.3 is 5.00 Å². The molecule has 0 saturated heterocycles. The van der Waals surface area contributed by atoms with Crippen molar-refractivity contribution in [3.05, 3.63) is 50.4 Å². The maximum atomic E-state index is 12.9. The number of benzene rings is 1. The monoisotopic (exact) mass is 440 g/mol. The molecule has 1 aromatic heterocycles. The summed E-state index contributed by atoms with van der Waals surface area (Å²) in [7, 11) is -0.822. The number of rotatable bonds is 7. The lowest BCUT2D eigenvalue weighted by molar-refractivity contribution is -0.380. The van der Waals surface area contributed by atoms with E-state index >= 15 is 0 Å². The summed E-state index contributed by atoms with van der Waals surface area (Å²) < 4.78 is 34.5. The minimum Gasteiger partial charge on any atom is -0.493 e. The second-order valence-electron chi connectivity index (χ2n) is 6.29. The van der Waals surface area contributed by atoms with E-state index in [1.807, 2.05) is 0 Å². The molecule has 1 unspecified atom stereocenters. The van der Waals surface area contributed by atoms with Crippen LogP contribution in [0.1, 0.15) is 32.3 Å². The van der Waals surface area contributed by atoms with Gasteiger partial charge in [0.05, 0.1) is 36.5 Å². The summed E-state index contributed by atoms with van der Waals surface area (Å²) in [5, 5.41) is 12.0. The summed E-state index contributed by atoms with van der Waals surface area (Å²) in [6, 6.07) is 3.31. The molecule has 1 aliphatic heterocycles. The van der Waals surface area contributed by atoms with Gasteiger partial charge in [-0.3, -0.25) is 24.6 Å². The van der Waals surface area contributed by atoms with Crippen molar-refractivity contribution >= 4 is 38.0 Å². The summed E-state index contributed by atoms with van der Waals surface area (Å²) in [4.78, 5) is 37.0. The fourth-order valence-electron chi connectivity index (χ4n) is 3.14. The number of thiophene rings is 1. The smallest absolute Gasteiger partial charge is 0.337 e. The largest absolute Gasteiger partial charge is 0.493 e. The molecule has 2 aromatic rings. The van der Waals surface area contributed by atoms with Crippen LogP contribution < -0.4 is 9.47 Å². The molecule has 0 N–H and O–H groups in total. The van der Waals surface area contributed by atoms with Gasteiger partial charge in [0.25, 0.3) is 11.8 Å². The van der Waals surface area contributed by atoms with Crippen LogP contribution in [0.5, 0.6) is 11.5 Å². The van der Waals surface area contributed by atoms with Crippen molar-refractivity contribution in [2.45, 2.75) is 6.04 Å². The van der Waals surface area contributed by atoms with Crippen molar-refractivity contribution in [2.24, 2.45) is 0 Å². The standard InChI is InChI=1S/C17H16N2O8S2/c1-26-12-5-4-9(6-13(12)27-2)11(8-29(3,24)25)18-15(20)10-7-28-17(19(22)23)14(10)16(18)21/h4-7,11H,8H2,1-3H3. The number of methoxy groups -OCH3 is 2. The summed E-state index contributed by atoms with van der Waals surface area (Å²) in [6.07, 6.45) is 0.976. The van der Waals surface area contributed by atoms with Crippen LogP contribution in [0, 0.1) is 10.1 Å². The third-order valence-electron chi connectivity index (χ3n) is 4.38. The van der Waals surface area contributed by atoms with Gasteiger partial charge in [0.15, 0.2) is 11.5 Å². The first-order valence-corrected chi connectivity index (χ1v) is 11.1. The predicted octanol–water partition coefficient (Wildman–Crippen LogP) is 2.06. The van der Waals surface area contributed by atoms with Gasteiger partial charge in [0.2, 0.25) is 0 Å². The molecule has 12 heteroatoms. The van der Waals surface area contributed by atoms with Crippen LogP contribution in [0.25, 0.3) is 0 Å². The molecule has 29 heavy (non-hydrogen) atoms. The third-order valence-corrected chi connectivity index (χ3v) is 6.24. The SMILES string of the molecule is COc1ccc(C(CS(C)(=O)=O)N2C(=O)c3csc([N+](=O)[O-])c3C2=O)cc1OC. The van der Waals surface area contributed by atoms with Crippen LogP contribution in [0.15, 0.2) is 23.6 Å². The van der Waals surface area contributed by atoms with Gasteiger partial charge in [-0.2, -0.15) is 0 Å². The molecule has 10 nitrogen and oxygen atoms in total. The summed E-state index contributed by atoms with van der Waals surface area (Å²) in [5.41, 5.74) is -0.110. The maximum Gasteiger partial charge on any atom is 0.337 e. The average Bonchev–Trinajstić information content (AvgIpc) is 3.19. The van der Waals surface area contributed by atoms with Gasteiger partial charge in [-0.1, -0.05) is 17.4 Å². The third kappa shape index (κ3) is 3.68. The summed E-state index contributed by atoms with van der Waals surface area (Å²) >= 11 is 0.679. The van der Waals surface area contributed by atoms with E-state index in [0.29, 0.717) is 22.6 Å². The van der Waals surface area contributed by atoms with E-state index in [2.05, 4.69) is 0 Å². The van der Waals surface area contributed by atoms with Gasteiger partial charge in [-0.05, 0) is 17.7 Å². The molecular formula is C17H16N2O8S2. The van der Waals surface area contributed by atoms with Gasteiger partial charge in [-0.15, -0.1) is 0 Å². The number of carbonyl (C=O) groups is 2. The Morgan fingerprint density at radius 1 is 1.17 bits per heavy atom. The lowest BCUT2D eigenvalue weighted by Crippen LogP contribution is -2.38. The minimum absolute atomic E-state index is 0.106. The Morgan fingerprint density at radius 2 is 1.83 bits per heavy atom. The number of hydrogen-bond donors (Lipinski definition) is 0. The first-order valence-electron chi connectivity index (χ1n) is 8.12. The van der Waals surface area contributed by atoms with E-state index in [4.69, 9.17) is 9.47 Å². The lowest BCUT2D eigenvalue weighted by Gasteiger charge is -2.26. The first kappa shape index (κ1) is 20.7. The number of hydrogen-bond acceptors (Lipinski definition) is 9. The van der Waals surface area contributed by atoms with Gasteiger partial charge in [0.1, 0.15) is 15.4 Å². The van der Waals surface area contributed by atoms with Crippen LogP contribution in [0.2, 0.25) is 0 Å². The molecular weight excluding hydrogens is 424 g/mol. The number of amides is 2. The highest BCUT2D eigenvalue weighted by molar-refractivity contribution is 7.90. The summed E-state index contributed by atoms with van der Waals surface area (Å²) in [6.45, 7) is 0. The molecule has 0 spiro atoms. The van der Waals surface area contributed by atoms with Crippen LogP contribution >= 0.6 is 11.3 Å². The van der Waals surface area contributed by atoms with Crippen molar-refractivity contribution in [1.29, 1.82) is 0 Å². The molecule has 2 heterocycles. The van der Waals surface area contributed by atoms with Crippen molar-refractivity contribution in [1.82, 2.24) is 4.90 Å². The van der Waals surface area contributed by atoms with E-state index in [-0.39, 0.29) is 16.9 Å². The Morgan fingerprint density at radius 3 is 2.38 bits per heavy atom. The van der Waals surface area contributed by atoms with E-state index in [9.17, 15) is 28.1 Å². The van der Waals surface area contributed by atoms with Crippen LogP contribution in [-0.2, 0) is 9.84 Å². The van der Waals surface area contributed by atoms with E-state index in [1.54, 1.807) is 0 Å². The Kier molecular flexibility index (Phi) is 5.32. The molecule has 0 radical (unpaired) electrons. The highest BCUT2D eigenvalue weighted by Crippen LogP contribution is 2.41. The molecule has 0 bridgehead atoms. The molecule has 0 saturated carbocycles. The van der Waals surface area contributed by atoms with Gasteiger partial charge in [-0.25, -0.2) is 8.42 Å². The normalized spacial score (nSPS) is 14.7. The lowest BCUT2D eigenvalue weighted by atomic mass is 10.1. The highest BCUT2D eigenvalue weighted by Gasteiger charge is 2.47. The van der Waals surface area contributed by atoms with Crippen LogP contribution in [0.3, 0.4) is 0 Å². The van der Waals surface area contributed by atoms with E-state index in [1.165, 1.54) is 37.8 Å². The minimum atomic E-state index is -3.64. The number of nitrogens with zero attached hydrogens (tertiary/aromatic N) is 2. The molecule has 2 amide bonds. The topological polar surface area (TPSA) is 133 Å². The zero-order chi connectivity index (χ0) is 21.5. The molecule has 3 rings (SSSR count). The number of ether oxygens (including phenoxy) is 2. The molecule has 0 fully saturated rings. The number of nitro groups is 1. The molecule has 1 atom stereocenters. The van der Waals surface area contributed by atoms with Crippen LogP contribution in [-0.4, -0.2) is 56.3 Å². The van der Waals surface area contributed by atoms with Crippen molar-refractivity contribution in [2.75, 3.05) is 26.2 Å². The molecule has 154 valence electrons. The summed E-state index contributed by atoms with van der Waals surface area (Å²) in [5.74, 6) is -1.58. The second-order valence-corrected chi connectivity index (χ2v) is 9.33. The zero-order valence-corrected chi connectivity index (χ0v) is 17.2. The molecule has 1 aromatic carbocycles. The fourth-order valence-corrected chi connectivity index (χ4v) is 4.90. The fraction of sp³-hybridized carbons (Fsp3) is 0.294. The van der Waals surface area contributed by atoms with Crippen molar-refractivity contribution in [3.8, 4) is 11.5 Å². The first-order chi connectivity index (χ1) is 13.6. The Balaban J connectivity index is 2.13. The Bertz CT molecular complexity index is 1120. The van der Waals surface area contributed by atoms with Crippen molar-refractivity contribution in [3.63, 3.8) is 0 Å². The molecule has 0 aliphatic carbocycles. The van der Waals surface area contributed by atoms with Crippen molar-refractivity contribution < 1.29 is 32.4 Å².